The van der Waals surface area contributed by atoms with Crippen molar-refractivity contribution in [3.05, 3.63) is 22.6 Å². The van der Waals surface area contributed by atoms with Gasteiger partial charge < -0.3 is 15.4 Å². The molecule has 106 valence electrons. The van der Waals surface area contributed by atoms with Gasteiger partial charge in [0.15, 0.2) is 0 Å². The molecule has 1 aromatic heterocycles. The van der Waals surface area contributed by atoms with Crippen LogP contribution in [0.3, 0.4) is 0 Å². The lowest BCUT2D eigenvalue weighted by atomic mass is 10.1. The minimum atomic E-state index is -0.0557. The molecule has 0 unspecified atom stereocenters. The van der Waals surface area contributed by atoms with E-state index in [4.69, 9.17) is 10.5 Å². The number of ether oxygens (including phenoxy) is 1. The maximum atomic E-state index is 11.9. The smallest absolute Gasteiger partial charge is 0.268 e. The second-order valence-electron chi connectivity index (χ2n) is 4.84. The first-order valence-electron chi connectivity index (χ1n) is 6.79. The number of methoxy groups -OCH3 is 1. The number of nitrogens with zero attached hydrogens (tertiary/aromatic N) is 3. The maximum absolute atomic E-state index is 11.9. The normalized spacial score (nSPS) is 16.8. The number of aromatic nitrogens is 2. The van der Waals surface area contributed by atoms with Gasteiger partial charge in [-0.25, -0.2) is 4.68 Å². The van der Waals surface area contributed by atoms with Gasteiger partial charge in [-0.1, -0.05) is 0 Å². The highest BCUT2D eigenvalue weighted by molar-refractivity contribution is 5.43. The third-order valence-corrected chi connectivity index (χ3v) is 3.57. The summed E-state index contributed by atoms with van der Waals surface area (Å²) in [5, 5.41) is 4.21. The monoisotopic (exact) mass is 266 g/mol. The van der Waals surface area contributed by atoms with Gasteiger partial charge in [-0.05, 0) is 25.8 Å². The number of piperidine rings is 1. The van der Waals surface area contributed by atoms with Crippen LogP contribution in [0.4, 0.5) is 5.69 Å². The van der Waals surface area contributed by atoms with Crippen molar-refractivity contribution in [2.24, 2.45) is 5.73 Å². The predicted octanol–water partition coefficient (Wildman–Crippen LogP) is 0.207. The summed E-state index contributed by atoms with van der Waals surface area (Å²) in [5.41, 5.74) is 6.29. The Morgan fingerprint density at radius 2 is 2.21 bits per heavy atom. The van der Waals surface area contributed by atoms with Crippen LogP contribution < -0.4 is 16.2 Å². The Balaban J connectivity index is 2.02. The summed E-state index contributed by atoms with van der Waals surface area (Å²) in [6.45, 7) is 2.97. The van der Waals surface area contributed by atoms with E-state index in [1.807, 2.05) is 0 Å². The number of nitrogens with two attached hydrogens (primary N) is 1. The second kappa shape index (κ2) is 6.68. The predicted molar refractivity (Wildman–Crippen MR) is 74.4 cm³/mol. The van der Waals surface area contributed by atoms with Gasteiger partial charge in [-0.3, -0.25) is 4.79 Å². The quantitative estimate of drug-likeness (QED) is 0.824. The first kappa shape index (κ1) is 14.0. The van der Waals surface area contributed by atoms with Crippen molar-refractivity contribution in [3.63, 3.8) is 0 Å². The molecule has 1 aliphatic heterocycles. The molecule has 0 radical (unpaired) electrons. The molecular formula is C13H22N4O2. The Morgan fingerprint density at radius 3 is 2.79 bits per heavy atom. The van der Waals surface area contributed by atoms with Crippen LogP contribution in [0.15, 0.2) is 17.1 Å². The molecule has 0 atom stereocenters. The molecule has 0 saturated carbocycles. The summed E-state index contributed by atoms with van der Waals surface area (Å²) in [6, 6.07) is 1.66. The Labute approximate surface area is 113 Å². The van der Waals surface area contributed by atoms with Gasteiger partial charge in [0.05, 0.1) is 18.0 Å². The van der Waals surface area contributed by atoms with Gasteiger partial charge in [-0.15, -0.1) is 0 Å². The van der Waals surface area contributed by atoms with E-state index in [-0.39, 0.29) is 5.56 Å². The highest BCUT2D eigenvalue weighted by Crippen LogP contribution is 2.18. The van der Waals surface area contributed by atoms with Crippen LogP contribution >= 0.6 is 0 Å². The van der Waals surface area contributed by atoms with E-state index in [9.17, 15) is 4.79 Å². The van der Waals surface area contributed by atoms with Crippen LogP contribution in [0.25, 0.3) is 0 Å². The summed E-state index contributed by atoms with van der Waals surface area (Å²) in [5.74, 6) is 0. The van der Waals surface area contributed by atoms with E-state index >= 15 is 0 Å². The first-order chi connectivity index (χ1) is 9.24. The van der Waals surface area contributed by atoms with Crippen molar-refractivity contribution >= 4 is 5.69 Å². The lowest BCUT2D eigenvalue weighted by Gasteiger charge is -2.32. The highest BCUT2D eigenvalue weighted by atomic mass is 16.5. The van der Waals surface area contributed by atoms with Gasteiger partial charge in [0.2, 0.25) is 0 Å². The van der Waals surface area contributed by atoms with E-state index in [1.165, 1.54) is 4.68 Å². The molecule has 0 spiro atoms. The maximum Gasteiger partial charge on any atom is 0.268 e. The Morgan fingerprint density at radius 1 is 1.47 bits per heavy atom. The molecule has 0 amide bonds. The zero-order valence-corrected chi connectivity index (χ0v) is 11.4. The Kier molecular flexibility index (Phi) is 4.93. The lowest BCUT2D eigenvalue weighted by Crippen LogP contribution is -2.37. The van der Waals surface area contributed by atoms with Crippen molar-refractivity contribution in [1.82, 2.24) is 9.78 Å². The summed E-state index contributed by atoms with van der Waals surface area (Å²) in [4.78, 5) is 14.1. The zero-order chi connectivity index (χ0) is 13.7. The number of aryl methyl sites for hydroxylation is 1. The summed E-state index contributed by atoms with van der Waals surface area (Å²) in [6.07, 6.45) is 4.87. The van der Waals surface area contributed by atoms with Crippen LogP contribution in [-0.4, -0.2) is 42.6 Å². The van der Waals surface area contributed by atoms with E-state index < -0.39 is 0 Å². The molecule has 2 N–H and O–H groups in total. The van der Waals surface area contributed by atoms with Crippen molar-refractivity contribution in [2.45, 2.75) is 31.9 Å². The average Bonchev–Trinajstić information content (AvgIpc) is 2.46. The van der Waals surface area contributed by atoms with Crippen molar-refractivity contribution in [3.8, 4) is 0 Å². The fourth-order valence-electron chi connectivity index (χ4n) is 2.36. The summed E-state index contributed by atoms with van der Waals surface area (Å²) >= 11 is 0. The second-order valence-corrected chi connectivity index (χ2v) is 4.84. The number of hydrogen-bond donors (Lipinski definition) is 1. The van der Waals surface area contributed by atoms with Crippen LogP contribution in [0.1, 0.15) is 19.3 Å². The zero-order valence-electron chi connectivity index (χ0n) is 11.4. The van der Waals surface area contributed by atoms with Gasteiger partial charge >= 0.3 is 0 Å². The molecule has 1 aliphatic rings. The van der Waals surface area contributed by atoms with Crippen molar-refractivity contribution in [2.75, 3.05) is 31.6 Å². The standard InChI is InChI=1S/C13H22N4O2/c1-19-12-3-7-16(8-4-12)11-9-13(18)17(15-10-11)6-2-5-14/h9-10,12H,2-8,14H2,1H3. The lowest BCUT2D eigenvalue weighted by molar-refractivity contribution is 0.0819. The third kappa shape index (κ3) is 3.54. The average molecular weight is 266 g/mol. The van der Waals surface area contributed by atoms with Crippen LogP contribution in [0.2, 0.25) is 0 Å². The number of hydrogen-bond acceptors (Lipinski definition) is 5. The molecule has 0 aliphatic carbocycles. The van der Waals surface area contributed by atoms with Gasteiger partial charge in [0.1, 0.15) is 0 Å². The topological polar surface area (TPSA) is 73.4 Å². The molecular weight excluding hydrogens is 244 g/mol. The summed E-state index contributed by atoms with van der Waals surface area (Å²) < 4.78 is 6.81. The van der Waals surface area contributed by atoms with Crippen LogP contribution in [0.5, 0.6) is 0 Å². The Bertz CT molecular complexity index is 452. The largest absolute Gasteiger partial charge is 0.381 e. The molecule has 0 bridgehead atoms. The van der Waals surface area contributed by atoms with E-state index in [0.29, 0.717) is 19.2 Å². The SMILES string of the molecule is COC1CCN(c2cnn(CCCN)c(=O)c2)CC1. The number of rotatable bonds is 5. The molecule has 2 rings (SSSR count). The van der Waals surface area contributed by atoms with Crippen molar-refractivity contribution < 1.29 is 4.74 Å². The molecule has 1 fully saturated rings. The highest BCUT2D eigenvalue weighted by Gasteiger charge is 2.19. The van der Waals surface area contributed by atoms with Crippen molar-refractivity contribution in [1.29, 1.82) is 0 Å². The summed E-state index contributed by atoms with van der Waals surface area (Å²) in [7, 11) is 1.75. The molecule has 6 nitrogen and oxygen atoms in total. The molecule has 6 heteroatoms. The molecule has 2 heterocycles. The molecule has 1 saturated heterocycles. The van der Waals surface area contributed by atoms with Crippen LogP contribution in [0, 0.1) is 0 Å². The minimum absolute atomic E-state index is 0.0557. The molecule has 0 aromatic carbocycles. The fraction of sp³-hybridized carbons (Fsp3) is 0.692. The first-order valence-corrected chi connectivity index (χ1v) is 6.79. The van der Waals surface area contributed by atoms with E-state index in [2.05, 4.69) is 10.00 Å². The van der Waals surface area contributed by atoms with Gasteiger partial charge in [0.25, 0.3) is 5.56 Å². The number of anilines is 1. The third-order valence-electron chi connectivity index (χ3n) is 3.57. The molecule has 1 aromatic rings. The van der Waals surface area contributed by atoms with E-state index in [1.54, 1.807) is 19.4 Å². The van der Waals surface area contributed by atoms with Gasteiger partial charge in [-0.2, -0.15) is 5.10 Å². The Hall–Kier alpha value is -1.40. The minimum Gasteiger partial charge on any atom is -0.381 e. The molecule has 19 heavy (non-hydrogen) atoms. The van der Waals surface area contributed by atoms with E-state index in [0.717, 1.165) is 38.0 Å². The van der Waals surface area contributed by atoms with Gasteiger partial charge in [0, 0.05) is 32.8 Å². The fourth-order valence-corrected chi connectivity index (χ4v) is 2.36. The van der Waals surface area contributed by atoms with Crippen LogP contribution in [-0.2, 0) is 11.3 Å².